The average molecular weight is 222 g/mol. The zero-order chi connectivity index (χ0) is 10.5. The number of carbonyl (C=O) groups excluding carboxylic acids is 1. The number of hydrogen-bond acceptors (Lipinski definition) is 3. The van der Waals surface area contributed by atoms with Crippen molar-refractivity contribution in [2.75, 3.05) is 5.75 Å². The van der Waals surface area contributed by atoms with E-state index in [0.717, 1.165) is 17.7 Å². The predicted octanol–water partition coefficient (Wildman–Crippen LogP) is 2.87. The fourth-order valence-electron chi connectivity index (χ4n) is 1.37. The minimum Gasteiger partial charge on any atom is -0.462 e. The quantitative estimate of drug-likeness (QED) is 0.579. The summed E-state index contributed by atoms with van der Waals surface area (Å²) in [6.07, 6.45) is 3.49. The summed E-state index contributed by atoms with van der Waals surface area (Å²) in [5.41, 5.74) is 0. The molecular formula is C12H14O2S. The van der Waals surface area contributed by atoms with Gasteiger partial charge in [-0.15, -0.1) is 11.8 Å². The van der Waals surface area contributed by atoms with Crippen LogP contribution >= 0.6 is 11.8 Å². The molecule has 0 amide bonds. The molecule has 2 nitrogen and oxygen atoms in total. The van der Waals surface area contributed by atoms with Gasteiger partial charge in [0.2, 0.25) is 0 Å². The first-order chi connectivity index (χ1) is 7.34. The fourth-order valence-corrected chi connectivity index (χ4v) is 2.07. The molecule has 15 heavy (non-hydrogen) atoms. The van der Waals surface area contributed by atoms with Crippen LogP contribution in [0.3, 0.4) is 0 Å². The van der Waals surface area contributed by atoms with Crippen LogP contribution in [0.1, 0.15) is 19.3 Å². The molecule has 1 aromatic carbocycles. The number of carbonyl (C=O) groups is 1. The lowest BCUT2D eigenvalue weighted by molar-refractivity contribution is -0.149. The fraction of sp³-hybridized carbons (Fsp3) is 0.417. The largest absolute Gasteiger partial charge is 0.462 e. The van der Waals surface area contributed by atoms with Gasteiger partial charge >= 0.3 is 5.97 Å². The predicted molar refractivity (Wildman–Crippen MR) is 60.9 cm³/mol. The lowest BCUT2D eigenvalue weighted by atomic mass is 9.96. The van der Waals surface area contributed by atoms with Gasteiger partial charge in [0.05, 0.1) is 5.75 Å². The maximum absolute atomic E-state index is 11.4. The second-order valence-electron chi connectivity index (χ2n) is 3.64. The molecule has 0 unspecified atom stereocenters. The molecule has 0 N–H and O–H groups in total. The third-order valence-corrected chi connectivity index (χ3v) is 3.44. The van der Waals surface area contributed by atoms with E-state index in [1.54, 1.807) is 0 Å². The minimum atomic E-state index is -0.0893. The molecule has 1 aliphatic rings. The molecule has 0 radical (unpaired) electrons. The number of hydrogen-bond donors (Lipinski definition) is 0. The van der Waals surface area contributed by atoms with Gasteiger partial charge in [0.15, 0.2) is 0 Å². The van der Waals surface area contributed by atoms with Gasteiger partial charge in [-0.3, -0.25) is 4.79 Å². The van der Waals surface area contributed by atoms with Crippen molar-refractivity contribution in [3.05, 3.63) is 30.3 Å². The smallest absolute Gasteiger partial charge is 0.316 e. The Balaban J connectivity index is 1.71. The molecule has 0 saturated heterocycles. The topological polar surface area (TPSA) is 26.3 Å². The normalized spacial score (nSPS) is 15.7. The molecule has 0 aromatic heterocycles. The van der Waals surface area contributed by atoms with Crippen LogP contribution in [0, 0.1) is 0 Å². The zero-order valence-electron chi connectivity index (χ0n) is 8.52. The van der Waals surface area contributed by atoms with Gasteiger partial charge in [-0.25, -0.2) is 0 Å². The van der Waals surface area contributed by atoms with E-state index >= 15 is 0 Å². The minimum absolute atomic E-state index is 0.0893. The van der Waals surface area contributed by atoms with E-state index in [2.05, 4.69) is 0 Å². The highest BCUT2D eigenvalue weighted by Crippen LogP contribution is 2.23. The second-order valence-corrected chi connectivity index (χ2v) is 4.69. The highest BCUT2D eigenvalue weighted by Gasteiger charge is 2.21. The second kappa shape index (κ2) is 5.21. The Morgan fingerprint density at radius 1 is 1.33 bits per heavy atom. The molecule has 1 fully saturated rings. The van der Waals surface area contributed by atoms with E-state index in [0.29, 0.717) is 5.75 Å². The third-order valence-electron chi connectivity index (χ3n) is 2.45. The summed E-state index contributed by atoms with van der Waals surface area (Å²) in [5, 5.41) is 0. The van der Waals surface area contributed by atoms with E-state index in [1.807, 2.05) is 30.3 Å². The summed E-state index contributed by atoms with van der Waals surface area (Å²) in [6, 6.07) is 9.92. The highest BCUT2D eigenvalue weighted by atomic mass is 32.2. The summed E-state index contributed by atoms with van der Waals surface area (Å²) < 4.78 is 5.25. The molecular weight excluding hydrogens is 208 g/mol. The summed E-state index contributed by atoms with van der Waals surface area (Å²) in [7, 11) is 0. The highest BCUT2D eigenvalue weighted by molar-refractivity contribution is 8.00. The van der Waals surface area contributed by atoms with Gasteiger partial charge in [0, 0.05) is 4.90 Å². The van der Waals surface area contributed by atoms with Crippen molar-refractivity contribution in [3.8, 4) is 0 Å². The van der Waals surface area contributed by atoms with E-state index in [1.165, 1.54) is 18.2 Å². The van der Waals surface area contributed by atoms with Crippen LogP contribution in [0.25, 0.3) is 0 Å². The number of rotatable bonds is 4. The van der Waals surface area contributed by atoms with Gasteiger partial charge < -0.3 is 4.74 Å². The Hall–Kier alpha value is -0.960. The van der Waals surface area contributed by atoms with E-state index in [9.17, 15) is 4.79 Å². The van der Waals surface area contributed by atoms with E-state index < -0.39 is 0 Å². The van der Waals surface area contributed by atoms with Gasteiger partial charge in [-0.2, -0.15) is 0 Å². The average Bonchev–Trinajstić information content (AvgIpc) is 2.22. The van der Waals surface area contributed by atoms with Gasteiger partial charge in [0.1, 0.15) is 6.10 Å². The van der Waals surface area contributed by atoms with Crippen molar-refractivity contribution in [3.63, 3.8) is 0 Å². The van der Waals surface area contributed by atoms with Crippen LogP contribution in [0.2, 0.25) is 0 Å². The molecule has 0 aliphatic heterocycles. The Morgan fingerprint density at radius 2 is 2.07 bits per heavy atom. The van der Waals surface area contributed by atoms with Crippen LogP contribution < -0.4 is 0 Å². The van der Waals surface area contributed by atoms with Crippen molar-refractivity contribution < 1.29 is 9.53 Å². The number of esters is 1. The summed E-state index contributed by atoms with van der Waals surface area (Å²) in [6.45, 7) is 0. The zero-order valence-corrected chi connectivity index (χ0v) is 9.33. The van der Waals surface area contributed by atoms with E-state index in [-0.39, 0.29) is 12.1 Å². The molecule has 0 bridgehead atoms. The Bertz CT molecular complexity index is 320. The lowest BCUT2D eigenvalue weighted by Crippen LogP contribution is -2.25. The molecule has 80 valence electrons. The van der Waals surface area contributed by atoms with Crippen LogP contribution in [-0.4, -0.2) is 17.8 Å². The Morgan fingerprint density at radius 3 is 2.67 bits per heavy atom. The van der Waals surface area contributed by atoms with Gasteiger partial charge in [-0.1, -0.05) is 18.2 Å². The summed E-state index contributed by atoms with van der Waals surface area (Å²) in [4.78, 5) is 12.5. The number of thioether (sulfide) groups is 1. The Kier molecular flexibility index (Phi) is 3.67. The molecule has 1 aliphatic carbocycles. The van der Waals surface area contributed by atoms with E-state index in [4.69, 9.17) is 4.74 Å². The molecule has 1 saturated carbocycles. The van der Waals surface area contributed by atoms with Crippen molar-refractivity contribution >= 4 is 17.7 Å². The molecule has 3 heteroatoms. The van der Waals surface area contributed by atoms with Crippen molar-refractivity contribution in [2.45, 2.75) is 30.3 Å². The first-order valence-corrected chi connectivity index (χ1v) is 6.20. The summed E-state index contributed by atoms with van der Waals surface area (Å²) >= 11 is 1.53. The van der Waals surface area contributed by atoms with Crippen LogP contribution in [0.15, 0.2) is 35.2 Å². The molecule has 0 heterocycles. The van der Waals surface area contributed by atoms with Gasteiger partial charge in [0.25, 0.3) is 0 Å². The number of ether oxygens (including phenoxy) is 1. The molecule has 1 aromatic rings. The monoisotopic (exact) mass is 222 g/mol. The van der Waals surface area contributed by atoms with Crippen molar-refractivity contribution in [1.82, 2.24) is 0 Å². The maximum atomic E-state index is 11.4. The van der Waals surface area contributed by atoms with Crippen LogP contribution in [-0.2, 0) is 9.53 Å². The Labute approximate surface area is 94.0 Å². The number of benzene rings is 1. The summed E-state index contributed by atoms with van der Waals surface area (Å²) in [5.74, 6) is 0.328. The third kappa shape index (κ3) is 3.27. The SMILES string of the molecule is O=C(CSc1ccccc1)OC1CCC1. The van der Waals surface area contributed by atoms with Crippen molar-refractivity contribution in [2.24, 2.45) is 0 Å². The molecule has 0 spiro atoms. The first-order valence-electron chi connectivity index (χ1n) is 5.22. The van der Waals surface area contributed by atoms with Crippen LogP contribution in [0.5, 0.6) is 0 Å². The molecule has 0 atom stereocenters. The maximum Gasteiger partial charge on any atom is 0.316 e. The van der Waals surface area contributed by atoms with Crippen molar-refractivity contribution in [1.29, 1.82) is 0 Å². The molecule has 2 rings (SSSR count). The first kappa shape index (κ1) is 10.6. The lowest BCUT2D eigenvalue weighted by Gasteiger charge is -2.24. The van der Waals surface area contributed by atoms with Crippen LogP contribution in [0.4, 0.5) is 0 Å². The standard InChI is InChI=1S/C12H14O2S/c13-12(14-10-5-4-6-10)9-15-11-7-2-1-3-8-11/h1-3,7-8,10H,4-6,9H2. The van der Waals surface area contributed by atoms with Gasteiger partial charge in [-0.05, 0) is 31.4 Å².